The fourth-order valence-corrected chi connectivity index (χ4v) is 25.7. The Balaban J connectivity index is 0.000000108. The second-order valence-corrected chi connectivity index (χ2v) is 42.6. The zero-order chi connectivity index (χ0) is 99.5. The predicted molar refractivity (Wildman–Crippen MR) is 628 cm³/mol. The van der Waals surface area contributed by atoms with Gasteiger partial charge in [0.15, 0.2) is 16.7 Å². The Morgan fingerprint density at radius 1 is 0.195 bits per heavy atom. The molecular weight excluding hydrogens is 1810 g/mol. The third kappa shape index (κ3) is 14.6. The molecule has 712 valence electrons. The summed E-state index contributed by atoms with van der Waals surface area (Å²) in [6.45, 7) is 14.1. The zero-order valence-electron chi connectivity index (χ0n) is 84.2. The van der Waals surface area contributed by atoms with Gasteiger partial charge in [-0.3, -0.25) is 0 Å². The van der Waals surface area contributed by atoms with E-state index in [4.69, 9.17) is 13.3 Å². The highest BCUT2D eigenvalue weighted by atomic mass is 16.3. The number of rotatable bonds is 13. The van der Waals surface area contributed by atoms with E-state index in [9.17, 15) is 0 Å². The van der Waals surface area contributed by atoms with Crippen LogP contribution in [0.15, 0.2) is 486 Å². The van der Waals surface area contributed by atoms with E-state index >= 15 is 0 Å². The second kappa shape index (κ2) is 35.3. The molecule has 0 spiro atoms. The molecule has 0 bridgehead atoms. The van der Waals surface area contributed by atoms with Crippen LogP contribution in [0.2, 0.25) is 0 Å². The fraction of sp³-hybridized carbons (Fsp3) is 0.105. The molecule has 0 unspecified atom stereocenters. The molecule has 0 amide bonds. The van der Waals surface area contributed by atoms with E-state index < -0.39 is 0 Å². The van der Waals surface area contributed by atoms with E-state index in [-0.39, 0.29) is 16.2 Å². The average molecular weight is 1920 g/mol. The normalized spacial score (nSPS) is 14.0. The molecule has 3 heterocycles. The first-order chi connectivity index (χ1) is 73.2. The first-order valence-electron chi connectivity index (χ1n) is 52.7. The molecular formula is C143H107N3O3. The number of anilines is 9. The molecule has 6 heteroatoms. The van der Waals surface area contributed by atoms with Crippen LogP contribution in [0.3, 0.4) is 0 Å². The van der Waals surface area contributed by atoms with E-state index in [0.717, 1.165) is 106 Å². The Hall–Kier alpha value is -17.8. The largest absolute Gasteiger partial charge is 0.454 e. The molecule has 26 aromatic rings. The van der Waals surface area contributed by atoms with Gasteiger partial charge in [0.2, 0.25) is 0 Å². The number of nitrogens with zero attached hydrogens (tertiary/aromatic N) is 3. The van der Waals surface area contributed by atoms with Gasteiger partial charge in [0.05, 0.1) is 17.1 Å². The lowest BCUT2D eigenvalue weighted by Gasteiger charge is -2.29. The van der Waals surface area contributed by atoms with Crippen LogP contribution < -0.4 is 14.7 Å². The van der Waals surface area contributed by atoms with Gasteiger partial charge in [0.1, 0.15) is 16.7 Å². The van der Waals surface area contributed by atoms with E-state index in [1.54, 1.807) is 0 Å². The summed E-state index contributed by atoms with van der Waals surface area (Å²) >= 11 is 0. The van der Waals surface area contributed by atoms with Gasteiger partial charge in [0.25, 0.3) is 0 Å². The van der Waals surface area contributed by atoms with E-state index in [1.165, 1.54) is 203 Å². The molecule has 6 nitrogen and oxygen atoms in total. The highest BCUT2D eigenvalue weighted by Gasteiger charge is 2.41. The number of para-hydroxylation sites is 3. The Labute approximate surface area is 867 Å². The van der Waals surface area contributed by atoms with Crippen molar-refractivity contribution in [2.45, 2.75) is 95.8 Å². The number of hydrogen-bond acceptors (Lipinski definition) is 6. The summed E-state index contributed by atoms with van der Waals surface area (Å²) in [5, 5.41) is 19.2. The first kappa shape index (κ1) is 88.8. The SMILES string of the molecule is CC1(C)c2cc(-c3ccccc3)ccc2-c2ccc(N(c3ccc(-c4ccccc4)cc3)c3cccc4c3oc3ccc5ccccc5c34)cc21.CC1(C)c2ccccc2-c2ccc(N(c3ccc(-c4cc5ccccc5c5ccccc45)cc3)c3cccc4c3oc3ccc5ccccc5c34)cc21.CC1(C)c2ccccc2-c2ccc(N(c3cccc(C4CCCCC4)c3)c3cccc4c3oc3ccc5ccccc5c34)cc21. The highest BCUT2D eigenvalue weighted by molar-refractivity contribution is 6.24. The van der Waals surface area contributed by atoms with Gasteiger partial charge in [-0.25, -0.2) is 0 Å². The summed E-state index contributed by atoms with van der Waals surface area (Å²) in [4.78, 5) is 7.20. The van der Waals surface area contributed by atoms with Crippen molar-refractivity contribution < 1.29 is 13.3 Å². The minimum atomic E-state index is -0.182. The summed E-state index contributed by atoms with van der Waals surface area (Å²) in [6, 6.07) is 173. The molecule has 4 aliphatic rings. The smallest absolute Gasteiger partial charge is 0.159 e. The summed E-state index contributed by atoms with van der Waals surface area (Å²) in [5.74, 6) is 0.627. The molecule has 149 heavy (non-hydrogen) atoms. The maximum absolute atomic E-state index is 6.84. The van der Waals surface area contributed by atoms with Crippen LogP contribution in [0, 0.1) is 0 Å². The summed E-state index contributed by atoms with van der Waals surface area (Å²) in [5.41, 5.74) is 39.7. The number of furan rings is 3. The average Bonchev–Trinajstić information content (AvgIpc) is 1.58. The van der Waals surface area contributed by atoms with Gasteiger partial charge in [0, 0.05) is 82.7 Å². The number of fused-ring (bicyclic) bond motifs is 27. The molecule has 23 aromatic carbocycles. The number of hydrogen-bond donors (Lipinski definition) is 0. The van der Waals surface area contributed by atoms with Crippen LogP contribution in [0.1, 0.15) is 119 Å². The predicted octanol–water partition coefficient (Wildman–Crippen LogP) is 40.9. The van der Waals surface area contributed by atoms with Crippen molar-refractivity contribution in [3.8, 4) is 66.8 Å². The lowest BCUT2D eigenvalue weighted by molar-refractivity contribution is 0.443. The Kier molecular flexibility index (Phi) is 21.0. The van der Waals surface area contributed by atoms with E-state index in [1.807, 2.05) is 0 Å². The van der Waals surface area contributed by atoms with Crippen molar-refractivity contribution in [3.63, 3.8) is 0 Å². The van der Waals surface area contributed by atoms with Gasteiger partial charge in [-0.15, -0.1) is 0 Å². The second-order valence-electron chi connectivity index (χ2n) is 42.6. The van der Waals surface area contributed by atoms with Crippen molar-refractivity contribution in [1.29, 1.82) is 0 Å². The van der Waals surface area contributed by atoms with Crippen LogP contribution >= 0.6 is 0 Å². The van der Waals surface area contributed by atoms with Gasteiger partial charge >= 0.3 is 0 Å². The molecule has 0 radical (unpaired) electrons. The molecule has 0 aliphatic heterocycles. The zero-order valence-corrected chi connectivity index (χ0v) is 84.2. The maximum Gasteiger partial charge on any atom is 0.159 e. The summed E-state index contributed by atoms with van der Waals surface area (Å²) < 4.78 is 20.5. The topological polar surface area (TPSA) is 49.1 Å². The lowest BCUT2D eigenvalue weighted by atomic mass is 9.81. The molecule has 0 saturated heterocycles. The molecule has 4 aliphatic carbocycles. The Morgan fingerprint density at radius 3 is 0.980 bits per heavy atom. The third-order valence-corrected chi connectivity index (χ3v) is 33.1. The maximum atomic E-state index is 6.84. The Morgan fingerprint density at radius 2 is 0.517 bits per heavy atom. The third-order valence-electron chi connectivity index (χ3n) is 33.1. The molecule has 0 atom stereocenters. The first-order valence-corrected chi connectivity index (χ1v) is 52.7. The van der Waals surface area contributed by atoms with Crippen LogP contribution in [0.5, 0.6) is 0 Å². The van der Waals surface area contributed by atoms with Crippen molar-refractivity contribution in [3.05, 3.63) is 512 Å². The van der Waals surface area contributed by atoms with E-state index in [2.05, 4.69) is 529 Å². The van der Waals surface area contributed by atoms with Crippen LogP contribution in [0.4, 0.5) is 51.2 Å². The number of benzene rings is 23. The minimum absolute atomic E-state index is 0.0815. The van der Waals surface area contributed by atoms with Crippen molar-refractivity contribution >= 4 is 171 Å². The standard InChI is InChI=1S/C51H35NO.C49H35NO.C43H37NO/c1-51(2)45-20-10-9-18-41(45)42-28-27-36(31-46(42)51)52(47-21-11-19-43-49-38-15-6-3-12-32(38)24-29-48(49)53-50(43)47)35-25-22-33(23-26-35)44-30-34-13-4-5-14-37(34)39-16-7-8-17-40(39)44;1-49(2)43-30-36(33-14-7-4-8-15-33)22-27-40(43)41-28-26-38(31-44(41)49)50(37-24-20-34(21-25-37)32-12-5-3-6-13-32)45-19-11-18-42-47-39-17-10-9-16-35(39)23-29-46(47)51-48(42)45;1-43(2)37-20-9-8-18-34(37)35-24-23-32(27-38(35)43)44(31-16-10-15-30(26-31)28-12-4-3-5-13-28)39-21-11-19-36-41-33-17-7-6-14-29(33)22-25-40(41)45-42(36)39/h3-31H,1-2H3;3-31H,1-2H3;6-11,14-28H,3-5,12-13H2,1-2H3. The van der Waals surface area contributed by atoms with Crippen molar-refractivity contribution in [2.75, 3.05) is 14.7 Å². The van der Waals surface area contributed by atoms with E-state index in [0.29, 0.717) is 5.92 Å². The highest BCUT2D eigenvalue weighted by Crippen LogP contribution is 2.58. The van der Waals surface area contributed by atoms with Gasteiger partial charge in [-0.05, 0) is 300 Å². The summed E-state index contributed by atoms with van der Waals surface area (Å²) in [7, 11) is 0. The monoisotopic (exact) mass is 1910 g/mol. The van der Waals surface area contributed by atoms with Crippen molar-refractivity contribution in [2.24, 2.45) is 0 Å². The van der Waals surface area contributed by atoms with Crippen LogP contribution in [-0.4, -0.2) is 0 Å². The quantitative estimate of drug-likeness (QED) is 0.107. The Bertz CT molecular complexity index is 9880. The molecule has 1 fully saturated rings. The van der Waals surface area contributed by atoms with Gasteiger partial charge < -0.3 is 28.0 Å². The van der Waals surface area contributed by atoms with Crippen molar-refractivity contribution in [1.82, 2.24) is 0 Å². The molecule has 1 saturated carbocycles. The lowest BCUT2D eigenvalue weighted by Crippen LogP contribution is -2.16. The molecule has 0 N–H and O–H groups in total. The van der Waals surface area contributed by atoms with Crippen LogP contribution in [-0.2, 0) is 16.2 Å². The van der Waals surface area contributed by atoms with Gasteiger partial charge in [-0.1, -0.05) is 413 Å². The van der Waals surface area contributed by atoms with Crippen LogP contribution in [0.25, 0.3) is 186 Å². The summed E-state index contributed by atoms with van der Waals surface area (Å²) in [6.07, 6.45) is 6.57. The fourth-order valence-electron chi connectivity index (χ4n) is 25.7. The minimum Gasteiger partial charge on any atom is -0.454 e. The van der Waals surface area contributed by atoms with Gasteiger partial charge in [-0.2, -0.15) is 0 Å². The molecule has 3 aromatic heterocycles. The molecule has 30 rings (SSSR count).